The lowest BCUT2D eigenvalue weighted by Gasteiger charge is -2.19. The zero-order chi connectivity index (χ0) is 31.5. The fourth-order valence-corrected chi connectivity index (χ4v) is 7.48. The molecule has 0 rings (SSSR count). The smallest absolute Gasteiger partial charge is 0.286 e. The van der Waals surface area contributed by atoms with Crippen molar-refractivity contribution in [3.8, 4) is 0 Å². The predicted molar refractivity (Wildman–Crippen MR) is 197 cm³/mol. The third kappa shape index (κ3) is 34.0. The summed E-state index contributed by atoms with van der Waals surface area (Å²) in [6.45, 7) is 4.93. The number of thiol groups is 2. The van der Waals surface area contributed by atoms with Gasteiger partial charge in [-0.25, -0.2) is 8.54 Å². The molecular formula is C36H75O4PS2. The summed E-state index contributed by atoms with van der Waals surface area (Å²) >= 11 is 8.23. The number of unbranched alkanes of at least 4 members (excludes halogenated alkanes) is 29. The normalized spacial score (nSPS) is 13.9. The van der Waals surface area contributed by atoms with E-state index in [-0.39, 0.29) is 0 Å². The summed E-state index contributed by atoms with van der Waals surface area (Å²) < 4.78 is 28.6. The van der Waals surface area contributed by atoms with Gasteiger partial charge in [-0.3, -0.25) is 9.05 Å². The Hall–Kier alpha value is 0.810. The molecule has 0 aliphatic carbocycles. The molecule has 0 aromatic rings. The predicted octanol–water partition coefficient (Wildman–Crippen LogP) is 14.8. The van der Waals surface area contributed by atoms with E-state index >= 15 is 0 Å². The number of phosphoric acid groups is 1. The molecule has 0 radical (unpaired) electrons. The molecule has 0 aliphatic rings. The average Bonchev–Trinajstić information content (AvgIpc) is 3.00. The summed E-state index contributed by atoms with van der Waals surface area (Å²) in [5.74, 6) is 0. The summed E-state index contributed by atoms with van der Waals surface area (Å²) in [6.07, 6.45) is 42.0. The van der Waals surface area contributed by atoms with E-state index in [0.29, 0.717) is 6.61 Å². The third-order valence-electron chi connectivity index (χ3n) is 8.65. The van der Waals surface area contributed by atoms with Crippen LogP contribution >= 0.6 is 33.4 Å². The number of rotatable bonds is 37. The molecule has 0 saturated carbocycles. The molecule has 0 saturated heterocycles. The van der Waals surface area contributed by atoms with Crippen LogP contribution in [0.2, 0.25) is 0 Å². The van der Waals surface area contributed by atoms with E-state index in [0.717, 1.165) is 32.1 Å². The molecule has 0 heterocycles. The maximum absolute atomic E-state index is 12.7. The van der Waals surface area contributed by atoms with Crippen LogP contribution in [0.1, 0.15) is 219 Å². The van der Waals surface area contributed by atoms with Crippen molar-refractivity contribution in [2.24, 2.45) is 0 Å². The Morgan fingerprint density at radius 3 is 1.05 bits per heavy atom. The zero-order valence-corrected chi connectivity index (χ0v) is 31.6. The molecule has 260 valence electrons. The van der Waals surface area contributed by atoms with Crippen LogP contribution in [0.15, 0.2) is 0 Å². The second kappa shape index (κ2) is 35.7. The van der Waals surface area contributed by atoms with Gasteiger partial charge in [-0.1, -0.05) is 200 Å². The molecule has 0 amide bonds. The number of phosphoric ester groups is 1. The lowest BCUT2D eigenvalue weighted by molar-refractivity contribution is 0.146. The Kier molecular flexibility index (Phi) is 36.3. The van der Waals surface area contributed by atoms with Crippen LogP contribution in [-0.2, 0) is 17.6 Å². The van der Waals surface area contributed by atoms with Gasteiger partial charge in [-0.15, -0.1) is 12.6 Å². The van der Waals surface area contributed by atoms with E-state index < -0.39 is 13.3 Å². The topological polar surface area (TPSA) is 44.8 Å². The van der Waals surface area contributed by atoms with Crippen LogP contribution in [0.4, 0.5) is 0 Å². The first kappa shape index (κ1) is 43.8. The average molecular weight is 667 g/mol. The molecule has 4 nitrogen and oxygen atoms in total. The van der Waals surface area contributed by atoms with Crippen LogP contribution in [0.25, 0.3) is 0 Å². The molecule has 7 heteroatoms. The molecule has 0 aromatic heterocycles. The molecule has 43 heavy (non-hydrogen) atoms. The maximum atomic E-state index is 12.7. The molecule has 0 aliphatic heterocycles. The first-order valence-electron chi connectivity index (χ1n) is 19.0. The van der Waals surface area contributed by atoms with Crippen molar-refractivity contribution in [2.45, 2.75) is 225 Å². The van der Waals surface area contributed by atoms with Crippen molar-refractivity contribution in [2.75, 3.05) is 6.61 Å². The summed E-state index contributed by atoms with van der Waals surface area (Å²) in [5.41, 5.74) is -0.453. The Bertz CT molecular complexity index is 581. The molecule has 2 atom stereocenters. The fourth-order valence-electron chi connectivity index (χ4n) is 5.79. The van der Waals surface area contributed by atoms with Gasteiger partial charge in [0.25, 0.3) is 0 Å². The van der Waals surface area contributed by atoms with Gasteiger partial charge >= 0.3 is 7.82 Å². The van der Waals surface area contributed by atoms with Gasteiger partial charge in [-0.2, -0.15) is 0 Å². The highest BCUT2D eigenvalue weighted by Gasteiger charge is 2.28. The summed E-state index contributed by atoms with van der Waals surface area (Å²) in [4.78, 5) is 0. The van der Waals surface area contributed by atoms with Gasteiger partial charge in [0.1, 0.15) is 5.44 Å². The molecule has 2 unspecified atom stereocenters. The van der Waals surface area contributed by atoms with Gasteiger partial charge in [0, 0.05) is 0 Å². The first-order valence-corrected chi connectivity index (χ1v) is 21.4. The van der Waals surface area contributed by atoms with Crippen molar-refractivity contribution < 1.29 is 17.6 Å². The highest BCUT2D eigenvalue weighted by molar-refractivity contribution is 7.82. The van der Waals surface area contributed by atoms with Crippen LogP contribution in [0, 0.1) is 0 Å². The summed E-state index contributed by atoms with van der Waals surface area (Å²) in [7, 11) is -3.65. The second-order valence-corrected chi connectivity index (χ2v) is 15.6. The number of hydrogen-bond acceptors (Lipinski definition) is 6. The lowest BCUT2D eigenvalue weighted by Crippen LogP contribution is -2.06. The van der Waals surface area contributed by atoms with Crippen LogP contribution in [0.5, 0.6) is 0 Å². The molecule has 0 N–H and O–H groups in total. The monoisotopic (exact) mass is 666 g/mol. The van der Waals surface area contributed by atoms with E-state index in [1.54, 1.807) is 0 Å². The van der Waals surface area contributed by atoms with Crippen molar-refractivity contribution >= 4 is 33.4 Å². The quantitative estimate of drug-likeness (QED) is 0.0228. The van der Waals surface area contributed by atoms with Gasteiger partial charge in [0.15, 0.2) is 0 Å². The van der Waals surface area contributed by atoms with Gasteiger partial charge in [0.05, 0.1) is 6.61 Å². The van der Waals surface area contributed by atoms with E-state index in [1.807, 2.05) is 0 Å². The Morgan fingerprint density at radius 2 is 0.744 bits per heavy atom. The number of hydrogen-bond donors (Lipinski definition) is 2. The minimum absolute atomic E-state index is 0.371. The maximum Gasteiger partial charge on any atom is 0.486 e. The van der Waals surface area contributed by atoms with Gasteiger partial charge in [-0.05, 0) is 32.2 Å². The van der Waals surface area contributed by atoms with E-state index in [9.17, 15) is 4.57 Å². The molecule has 0 bridgehead atoms. The summed E-state index contributed by atoms with van der Waals surface area (Å²) in [6, 6.07) is 0. The summed E-state index contributed by atoms with van der Waals surface area (Å²) in [5, 5.41) is 0. The van der Waals surface area contributed by atoms with Crippen LogP contribution in [-0.4, -0.2) is 12.0 Å². The zero-order valence-electron chi connectivity index (χ0n) is 28.9. The fraction of sp³-hybridized carbons (Fsp3) is 1.00. The standard InChI is InChI=1S/C36H75O4PS2/c1-3-5-7-9-11-13-15-17-19-21-23-25-27-29-31-33-35-38-41(37,40-43)39-36(42)34-32-30-28-26-24-22-20-18-16-14-12-10-8-6-4-2/h36,42-43H,3-35H2,1-2H3. The van der Waals surface area contributed by atoms with Crippen LogP contribution in [0.3, 0.4) is 0 Å². The first-order chi connectivity index (χ1) is 21.1. The van der Waals surface area contributed by atoms with Gasteiger partial charge in [0.2, 0.25) is 0 Å². The molecule has 0 spiro atoms. The second-order valence-electron chi connectivity index (χ2n) is 13.0. The van der Waals surface area contributed by atoms with E-state index in [4.69, 9.17) is 13.0 Å². The molecular weight excluding hydrogens is 592 g/mol. The highest BCUT2D eigenvalue weighted by atomic mass is 32.1. The van der Waals surface area contributed by atoms with Crippen LogP contribution < -0.4 is 0 Å². The SMILES string of the molecule is CCCCCCCCCCCCCCCCCCOP(=O)(OS)OC(S)CCCCCCCCCCCCCCCCC. The Labute approximate surface area is 281 Å². The third-order valence-corrected chi connectivity index (χ3v) is 11.0. The van der Waals surface area contributed by atoms with E-state index in [1.165, 1.54) is 173 Å². The van der Waals surface area contributed by atoms with Crippen molar-refractivity contribution in [3.05, 3.63) is 0 Å². The Morgan fingerprint density at radius 1 is 0.465 bits per heavy atom. The highest BCUT2D eigenvalue weighted by Crippen LogP contribution is 2.52. The lowest BCUT2D eigenvalue weighted by atomic mass is 10.0. The Balaban J connectivity index is 3.50. The van der Waals surface area contributed by atoms with Crippen molar-refractivity contribution in [1.29, 1.82) is 0 Å². The van der Waals surface area contributed by atoms with Crippen molar-refractivity contribution in [1.82, 2.24) is 0 Å². The minimum Gasteiger partial charge on any atom is -0.286 e. The molecule has 0 fully saturated rings. The largest absolute Gasteiger partial charge is 0.486 e. The molecule has 0 aromatic carbocycles. The van der Waals surface area contributed by atoms with Gasteiger partial charge < -0.3 is 0 Å². The minimum atomic E-state index is -3.65. The van der Waals surface area contributed by atoms with E-state index in [2.05, 4.69) is 39.4 Å². The van der Waals surface area contributed by atoms with Crippen molar-refractivity contribution in [3.63, 3.8) is 0 Å².